The van der Waals surface area contributed by atoms with Gasteiger partial charge in [-0.25, -0.2) is 0 Å². The van der Waals surface area contributed by atoms with E-state index < -0.39 is 5.97 Å². The fourth-order valence-corrected chi connectivity index (χ4v) is 9.67. The van der Waals surface area contributed by atoms with Gasteiger partial charge in [-0.3, -0.25) is 9.59 Å². The lowest BCUT2D eigenvalue weighted by Gasteiger charge is -2.69. The average molecular weight is 455 g/mol. The molecule has 0 spiro atoms. The van der Waals surface area contributed by atoms with Crippen LogP contribution in [0.1, 0.15) is 99.8 Å². The van der Waals surface area contributed by atoms with Crippen LogP contribution >= 0.6 is 0 Å². The Kier molecular flexibility index (Phi) is 5.86. The zero-order valence-electron chi connectivity index (χ0n) is 22.1. The van der Waals surface area contributed by atoms with Crippen LogP contribution in [-0.4, -0.2) is 16.9 Å². The summed E-state index contributed by atoms with van der Waals surface area (Å²) in [6.45, 7) is 20.8. The van der Waals surface area contributed by atoms with Crippen LogP contribution in [-0.2, 0) is 9.59 Å². The van der Waals surface area contributed by atoms with Crippen LogP contribution in [0.4, 0.5) is 0 Å². The maximum atomic E-state index is 12.8. The normalized spacial score (nSPS) is 49.4. The van der Waals surface area contributed by atoms with E-state index in [9.17, 15) is 14.7 Å². The summed E-state index contributed by atoms with van der Waals surface area (Å²) in [4.78, 5) is 24.4. The largest absolute Gasteiger partial charge is 0.481 e. The monoisotopic (exact) mass is 454 g/mol. The molecule has 0 amide bonds. The summed E-state index contributed by atoms with van der Waals surface area (Å²) in [6.07, 6.45) is 9.83. The van der Waals surface area contributed by atoms with Crippen molar-refractivity contribution in [2.45, 2.75) is 99.8 Å². The van der Waals surface area contributed by atoms with E-state index in [0.29, 0.717) is 29.5 Å². The SMILES string of the molecule is C=C(C)[C@@H]1CC[C@]2(C)[C@H](CC=C3[C@@H]4[C@@H](C)[C@H](C)C(=O)C[C@]4(C)CC[C@]32C)[C@@]1(C)CCC(=O)O. The van der Waals surface area contributed by atoms with E-state index in [1.165, 1.54) is 12.0 Å². The molecule has 0 heterocycles. The highest BCUT2D eigenvalue weighted by Crippen LogP contribution is 2.73. The molecular formula is C30H46O3. The van der Waals surface area contributed by atoms with Crippen LogP contribution in [0.25, 0.3) is 0 Å². The van der Waals surface area contributed by atoms with E-state index in [-0.39, 0.29) is 34.0 Å². The fourth-order valence-electron chi connectivity index (χ4n) is 9.67. The molecule has 4 aliphatic carbocycles. The number of fused-ring (bicyclic) bond motifs is 5. The summed E-state index contributed by atoms with van der Waals surface area (Å²) >= 11 is 0. The number of carboxylic acid groups (broad SMARTS) is 1. The predicted octanol–water partition coefficient (Wildman–Crippen LogP) is 7.46. The maximum Gasteiger partial charge on any atom is 0.303 e. The summed E-state index contributed by atoms with van der Waals surface area (Å²) in [7, 11) is 0. The number of hydrogen-bond acceptors (Lipinski definition) is 2. The van der Waals surface area contributed by atoms with Gasteiger partial charge in [0.05, 0.1) is 0 Å². The van der Waals surface area contributed by atoms with Crippen molar-refractivity contribution >= 4 is 11.8 Å². The van der Waals surface area contributed by atoms with Crippen molar-refractivity contribution in [3.05, 3.63) is 23.8 Å². The number of Topliss-reactive ketones (excluding diaryl/α,β-unsaturated/α-hetero) is 1. The van der Waals surface area contributed by atoms with Crippen molar-refractivity contribution in [1.29, 1.82) is 0 Å². The minimum Gasteiger partial charge on any atom is -0.481 e. The molecule has 3 heteroatoms. The minimum atomic E-state index is -0.690. The molecular weight excluding hydrogens is 408 g/mol. The first-order valence-electron chi connectivity index (χ1n) is 13.3. The number of carbonyl (C=O) groups excluding carboxylic acids is 1. The highest BCUT2D eigenvalue weighted by atomic mass is 16.4. The van der Waals surface area contributed by atoms with Crippen molar-refractivity contribution in [3.8, 4) is 0 Å². The Balaban J connectivity index is 1.81. The zero-order chi connectivity index (χ0) is 24.6. The van der Waals surface area contributed by atoms with Gasteiger partial charge in [-0.2, -0.15) is 0 Å². The highest BCUT2D eigenvalue weighted by Gasteiger charge is 2.66. The van der Waals surface area contributed by atoms with E-state index >= 15 is 0 Å². The molecule has 0 saturated heterocycles. The molecule has 0 bridgehead atoms. The third-order valence-electron chi connectivity index (χ3n) is 11.9. The Labute approximate surface area is 201 Å². The fraction of sp³-hybridized carbons (Fsp3) is 0.800. The molecule has 3 fully saturated rings. The molecule has 33 heavy (non-hydrogen) atoms. The zero-order valence-corrected chi connectivity index (χ0v) is 22.1. The Bertz CT molecular complexity index is 900. The van der Waals surface area contributed by atoms with Gasteiger partial charge < -0.3 is 5.11 Å². The van der Waals surface area contributed by atoms with Gasteiger partial charge in [-0.15, -0.1) is 0 Å². The Morgan fingerprint density at radius 1 is 1.15 bits per heavy atom. The van der Waals surface area contributed by atoms with Crippen molar-refractivity contribution in [2.75, 3.05) is 0 Å². The molecule has 0 aromatic heterocycles. The van der Waals surface area contributed by atoms with Crippen LogP contribution in [0.15, 0.2) is 23.8 Å². The summed E-state index contributed by atoms with van der Waals surface area (Å²) in [5.41, 5.74) is 3.13. The molecule has 0 aliphatic heterocycles. The molecule has 0 unspecified atom stereocenters. The van der Waals surface area contributed by atoms with Gasteiger partial charge in [0.1, 0.15) is 5.78 Å². The summed E-state index contributed by atoms with van der Waals surface area (Å²) in [6, 6.07) is 0. The quantitative estimate of drug-likeness (QED) is 0.448. The predicted molar refractivity (Wildman–Crippen MR) is 134 cm³/mol. The molecule has 9 atom stereocenters. The lowest BCUT2D eigenvalue weighted by atomic mass is 9.35. The van der Waals surface area contributed by atoms with Gasteiger partial charge in [0, 0.05) is 18.8 Å². The van der Waals surface area contributed by atoms with Crippen LogP contribution in [0.5, 0.6) is 0 Å². The molecule has 1 N–H and O–H groups in total. The summed E-state index contributed by atoms with van der Waals surface area (Å²) in [5.74, 6) is 1.60. The smallest absolute Gasteiger partial charge is 0.303 e. The first-order chi connectivity index (χ1) is 15.2. The van der Waals surface area contributed by atoms with E-state index in [1.807, 2.05) is 0 Å². The van der Waals surface area contributed by atoms with Crippen molar-refractivity contribution in [3.63, 3.8) is 0 Å². The van der Waals surface area contributed by atoms with E-state index in [2.05, 4.69) is 61.1 Å². The van der Waals surface area contributed by atoms with Crippen molar-refractivity contribution in [2.24, 2.45) is 51.2 Å². The number of rotatable bonds is 4. The standard InChI is InChI=1S/C30H46O3/c1-18(2)21-11-14-30(8)24(28(21,6)13-12-25(32)33)10-9-22-26-20(4)19(3)23(31)17-27(26,5)15-16-29(22,30)7/h9,19-21,24,26H,1,10-17H2,2-8H3,(H,32,33)/t19-,20-,21-,24+,26-,27-,28-,29+,30+/m0/s1. The number of aliphatic carboxylic acids is 1. The Hall–Kier alpha value is -1.38. The van der Waals surface area contributed by atoms with Gasteiger partial charge in [0.25, 0.3) is 0 Å². The molecule has 0 aromatic carbocycles. The third kappa shape index (κ3) is 3.34. The van der Waals surface area contributed by atoms with E-state index in [4.69, 9.17) is 0 Å². The molecule has 184 valence electrons. The van der Waals surface area contributed by atoms with Gasteiger partial charge in [-0.1, -0.05) is 65.3 Å². The summed E-state index contributed by atoms with van der Waals surface area (Å²) < 4.78 is 0. The van der Waals surface area contributed by atoms with Gasteiger partial charge in [0.2, 0.25) is 0 Å². The third-order valence-corrected chi connectivity index (χ3v) is 11.9. The lowest BCUT2D eigenvalue weighted by molar-refractivity contribution is -0.155. The average Bonchev–Trinajstić information content (AvgIpc) is 2.71. The number of allylic oxidation sites excluding steroid dienone is 3. The van der Waals surface area contributed by atoms with Gasteiger partial charge in [-0.05, 0) is 90.8 Å². The molecule has 0 radical (unpaired) electrons. The summed E-state index contributed by atoms with van der Waals surface area (Å²) in [5, 5.41) is 9.55. The molecule has 4 rings (SSSR count). The molecule has 3 nitrogen and oxygen atoms in total. The van der Waals surface area contributed by atoms with Gasteiger partial charge >= 0.3 is 5.97 Å². The molecule has 4 aliphatic rings. The van der Waals surface area contributed by atoms with Crippen LogP contribution in [0.2, 0.25) is 0 Å². The second-order valence-corrected chi connectivity index (χ2v) is 13.5. The van der Waals surface area contributed by atoms with Crippen LogP contribution in [0.3, 0.4) is 0 Å². The van der Waals surface area contributed by atoms with Crippen LogP contribution in [0, 0.1) is 51.2 Å². The first kappa shape index (κ1) is 24.7. The number of ketones is 1. The van der Waals surface area contributed by atoms with Crippen molar-refractivity contribution < 1.29 is 14.7 Å². The van der Waals surface area contributed by atoms with Gasteiger partial charge in [0.15, 0.2) is 0 Å². The van der Waals surface area contributed by atoms with E-state index in [1.54, 1.807) is 5.57 Å². The van der Waals surface area contributed by atoms with Crippen LogP contribution < -0.4 is 0 Å². The molecule has 0 aromatic rings. The topological polar surface area (TPSA) is 54.4 Å². The maximum absolute atomic E-state index is 12.8. The minimum absolute atomic E-state index is 0.0511. The lowest BCUT2D eigenvalue weighted by Crippen LogP contribution is -2.62. The Morgan fingerprint density at radius 3 is 2.42 bits per heavy atom. The number of hydrogen-bond donors (Lipinski definition) is 1. The first-order valence-corrected chi connectivity index (χ1v) is 13.3. The Morgan fingerprint density at radius 2 is 1.82 bits per heavy atom. The number of carbonyl (C=O) groups is 2. The second-order valence-electron chi connectivity index (χ2n) is 13.5. The van der Waals surface area contributed by atoms with E-state index in [0.717, 1.165) is 38.5 Å². The second kappa shape index (κ2) is 7.82. The molecule has 3 saturated carbocycles. The number of carboxylic acids is 1. The highest BCUT2D eigenvalue weighted by molar-refractivity contribution is 5.83. The van der Waals surface area contributed by atoms with Crippen molar-refractivity contribution in [1.82, 2.24) is 0 Å².